The molecule has 0 unspecified atom stereocenters. The Bertz CT molecular complexity index is 323. The molecular weight excluding hydrogens is 179 g/mol. The Kier molecular flexibility index (Phi) is 3.47. The van der Waals surface area contributed by atoms with Crippen LogP contribution in [0, 0.1) is 12.7 Å². The summed E-state index contributed by atoms with van der Waals surface area (Å²) in [5.74, 6) is -0.266. The third-order valence-corrected chi connectivity index (χ3v) is 2.38. The van der Waals surface area contributed by atoms with Crippen molar-refractivity contribution in [1.29, 1.82) is 0 Å². The van der Waals surface area contributed by atoms with E-state index in [2.05, 4.69) is 0 Å². The maximum absolute atomic E-state index is 13.1. The zero-order chi connectivity index (χ0) is 10.7. The molecule has 1 aromatic rings. The second-order valence-electron chi connectivity index (χ2n) is 3.62. The fourth-order valence-electron chi connectivity index (χ4n) is 1.55. The summed E-state index contributed by atoms with van der Waals surface area (Å²) in [6.45, 7) is 3.84. The van der Waals surface area contributed by atoms with Crippen molar-refractivity contribution >= 4 is 5.69 Å². The van der Waals surface area contributed by atoms with Crippen molar-refractivity contribution in [2.45, 2.75) is 32.7 Å². The van der Waals surface area contributed by atoms with E-state index < -0.39 is 0 Å². The number of hydrogen-bond acceptors (Lipinski definition) is 2. The molecule has 0 spiro atoms. The van der Waals surface area contributed by atoms with Gasteiger partial charge < -0.3 is 11.5 Å². The van der Waals surface area contributed by atoms with Crippen molar-refractivity contribution in [3.63, 3.8) is 0 Å². The third-order valence-electron chi connectivity index (χ3n) is 2.38. The highest BCUT2D eigenvalue weighted by molar-refractivity contribution is 5.54. The fraction of sp³-hybridized carbons (Fsp3) is 0.455. The Balaban J connectivity index is 3.07. The Morgan fingerprint density at radius 3 is 2.64 bits per heavy atom. The van der Waals surface area contributed by atoms with Gasteiger partial charge in [-0.05, 0) is 36.6 Å². The van der Waals surface area contributed by atoms with E-state index in [1.165, 1.54) is 12.1 Å². The van der Waals surface area contributed by atoms with Gasteiger partial charge in [-0.3, -0.25) is 0 Å². The van der Waals surface area contributed by atoms with Gasteiger partial charge in [0.25, 0.3) is 0 Å². The number of anilines is 1. The maximum atomic E-state index is 13.1. The molecule has 0 aliphatic rings. The third kappa shape index (κ3) is 2.23. The first-order valence-electron chi connectivity index (χ1n) is 4.87. The van der Waals surface area contributed by atoms with Crippen molar-refractivity contribution in [3.05, 3.63) is 29.1 Å². The van der Waals surface area contributed by atoms with Gasteiger partial charge in [0, 0.05) is 11.7 Å². The van der Waals surface area contributed by atoms with Crippen molar-refractivity contribution in [3.8, 4) is 0 Å². The van der Waals surface area contributed by atoms with E-state index in [1.807, 2.05) is 6.92 Å². The molecule has 78 valence electrons. The lowest BCUT2D eigenvalue weighted by molar-refractivity contribution is 0.605. The van der Waals surface area contributed by atoms with Gasteiger partial charge in [0.05, 0.1) is 0 Å². The zero-order valence-corrected chi connectivity index (χ0v) is 8.68. The normalized spacial score (nSPS) is 12.9. The molecule has 0 fully saturated rings. The molecule has 0 heterocycles. The molecule has 0 amide bonds. The number of benzene rings is 1. The van der Waals surface area contributed by atoms with Crippen LogP contribution in [-0.4, -0.2) is 0 Å². The second-order valence-corrected chi connectivity index (χ2v) is 3.62. The average Bonchev–Trinajstić information content (AvgIpc) is 2.11. The lowest BCUT2D eigenvalue weighted by Gasteiger charge is -2.15. The topological polar surface area (TPSA) is 52.0 Å². The fourth-order valence-corrected chi connectivity index (χ4v) is 1.55. The molecule has 0 aliphatic heterocycles. The SMILES string of the molecule is CCC[C@@H](N)c1cc(F)cc(C)c1N. The molecule has 0 saturated heterocycles. The van der Waals surface area contributed by atoms with E-state index in [1.54, 1.807) is 6.92 Å². The van der Waals surface area contributed by atoms with Crippen LogP contribution in [0.3, 0.4) is 0 Å². The standard InChI is InChI=1S/C11H17FN2/c1-3-4-10(13)9-6-8(12)5-7(2)11(9)14/h5-6,10H,3-4,13-14H2,1-2H3/t10-/m1/s1. The van der Waals surface area contributed by atoms with Crippen LogP contribution >= 0.6 is 0 Å². The van der Waals surface area contributed by atoms with Crippen molar-refractivity contribution in [2.75, 3.05) is 5.73 Å². The Hall–Kier alpha value is -1.09. The summed E-state index contributed by atoms with van der Waals surface area (Å²) < 4.78 is 13.1. The van der Waals surface area contributed by atoms with Gasteiger partial charge in [0.1, 0.15) is 5.82 Å². The van der Waals surface area contributed by atoms with E-state index >= 15 is 0 Å². The minimum Gasteiger partial charge on any atom is -0.398 e. The molecule has 0 saturated carbocycles. The van der Waals surface area contributed by atoms with Crippen LogP contribution in [0.4, 0.5) is 10.1 Å². The smallest absolute Gasteiger partial charge is 0.123 e. The first-order valence-corrected chi connectivity index (χ1v) is 4.87. The van der Waals surface area contributed by atoms with E-state index in [9.17, 15) is 4.39 Å². The highest BCUT2D eigenvalue weighted by Crippen LogP contribution is 2.26. The van der Waals surface area contributed by atoms with Crippen LogP contribution in [0.2, 0.25) is 0 Å². The van der Waals surface area contributed by atoms with E-state index in [0.717, 1.165) is 24.0 Å². The van der Waals surface area contributed by atoms with Crippen molar-refractivity contribution < 1.29 is 4.39 Å². The summed E-state index contributed by atoms with van der Waals surface area (Å²) in [6, 6.07) is 2.70. The van der Waals surface area contributed by atoms with E-state index in [-0.39, 0.29) is 11.9 Å². The van der Waals surface area contributed by atoms with Crippen LogP contribution < -0.4 is 11.5 Å². The minimum absolute atomic E-state index is 0.158. The maximum Gasteiger partial charge on any atom is 0.123 e. The largest absolute Gasteiger partial charge is 0.398 e. The van der Waals surface area contributed by atoms with Gasteiger partial charge in [-0.25, -0.2) is 4.39 Å². The molecule has 1 atom stereocenters. The van der Waals surface area contributed by atoms with Gasteiger partial charge in [0.15, 0.2) is 0 Å². The summed E-state index contributed by atoms with van der Waals surface area (Å²) in [6.07, 6.45) is 1.79. The zero-order valence-electron chi connectivity index (χ0n) is 8.68. The summed E-state index contributed by atoms with van der Waals surface area (Å²) in [5.41, 5.74) is 13.8. The van der Waals surface area contributed by atoms with Crippen LogP contribution in [0.1, 0.15) is 36.9 Å². The highest BCUT2D eigenvalue weighted by Gasteiger charge is 2.11. The lowest BCUT2D eigenvalue weighted by atomic mass is 9.99. The molecule has 3 heteroatoms. The molecule has 0 radical (unpaired) electrons. The van der Waals surface area contributed by atoms with Crippen LogP contribution in [0.5, 0.6) is 0 Å². The quantitative estimate of drug-likeness (QED) is 0.730. The molecule has 1 rings (SSSR count). The number of aryl methyl sites for hydroxylation is 1. The number of rotatable bonds is 3. The number of halogens is 1. The van der Waals surface area contributed by atoms with Gasteiger partial charge in [-0.15, -0.1) is 0 Å². The van der Waals surface area contributed by atoms with Gasteiger partial charge in [-0.2, -0.15) is 0 Å². The lowest BCUT2D eigenvalue weighted by Crippen LogP contribution is -2.13. The van der Waals surface area contributed by atoms with Crippen LogP contribution in [-0.2, 0) is 0 Å². The van der Waals surface area contributed by atoms with E-state index in [4.69, 9.17) is 11.5 Å². The monoisotopic (exact) mass is 196 g/mol. The molecule has 2 nitrogen and oxygen atoms in total. The van der Waals surface area contributed by atoms with Crippen molar-refractivity contribution in [1.82, 2.24) is 0 Å². The molecule has 0 aliphatic carbocycles. The second kappa shape index (κ2) is 4.42. The van der Waals surface area contributed by atoms with Gasteiger partial charge >= 0.3 is 0 Å². The Morgan fingerprint density at radius 1 is 1.43 bits per heavy atom. The average molecular weight is 196 g/mol. The van der Waals surface area contributed by atoms with Crippen molar-refractivity contribution in [2.24, 2.45) is 5.73 Å². The summed E-state index contributed by atoms with van der Waals surface area (Å²) in [7, 11) is 0. The predicted molar refractivity (Wildman–Crippen MR) is 57.4 cm³/mol. The van der Waals surface area contributed by atoms with Crippen LogP contribution in [0.15, 0.2) is 12.1 Å². The molecule has 4 N–H and O–H groups in total. The summed E-state index contributed by atoms with van der Waals surface area (Å²) in [5, 5.41) is 0. The molecular formula is C11H17FN2. The molecule has 0 aromatic heterocycles. The molecule has 0 bridgehead atoms. The predicted octanol–water partition coefficient (Wildman–Crippen LogP) is 2.52. The number of nitrogens with two attached hydrogens (primary N) is 2. The minimum atomic E-state index is -0.266. The highest BCUT2D eigenvalue weighted by atomic mass is 19.1. The van der Waals surface area contributed by atoms with Crippen LogP contribution in [0.25, 0.3) is 0 Å². The van der Waals surface area contributed by atoms with Gasteiger partial charge in [0.2, 0.25) is 0 Å². The summed E-state index contributed by atoms with van der Waals surface area (Å²) in [4.78, 5) is 0. The summed E-state index contributed by atoms with van der Waals surface area (Å²) >= 11 is 0. The number of nitrogen functional groups attached to an aromatic ring is 1. The first kappa shape index (κ1) is 11.0. The number of hydrogen-bond donors (Lipinski definition) is 2. The Labute approximate surface area is 84.1 Å². The Morgan fingerprint density at radius 2 is 2.07 bits per heavy atom. The molecule has 14 heavy (non-hydrogen) atoms. The van der Waals surface area contributed by atoms with Gasteiger partial charge in [-0.1, -0.05) is 13.3 Å². The van der Waals surface area contributed by atoms with E-state index in [0.29, 0.717) is 5.69 Å². The molecule has 1 aromatic carbocycles. The first-order chi connectivity index (χ1) is 6.56.